The van der Waals surface area contributed by atoms with E-state index in [0.717, 1.165) is 43.4 Å². The summed E-state index contributed by atoms with van der Waals surface area (Å²) in [4.78, 5) is 36.7. The quantitative estimate of drug-likeness (QED) is 0.778. The maximum Gasteiger partial charge on any atom is 0.407 e. The van der Waals surface area contributed by atoms with E-state index in [4.69, 9.17) is 4.74 Å². The molecule has 2 saturated heterocycles. The van der Waals surface area contributed by atoms with Gasteiger partial charge in [-0.25, -0.2) is 14.8 Å². The average molecular weight is 382 g/mol. The SMILES string of the molecule is O=C1NC(C(=O)NCc2cccnc2N2CCN(c3ccccn3)CC2)CO1. The first kappa shape index (κ1) is 18.0. The molecule has 9 nitrogen and oxygen atoms in total. The van der Waals surface area contributed by atoms with Crippen molar-refractivity contribution in [2.75, 3.05) is 42.6 Å². The van der Waals surface area contributed by atoms with Crippen LogP contribution in [-0.2, 0) is 16.1 Å². The van der Waals surface area contributed by atoms with Crippen molar-refractivity contribution in [1.29, 1.82) is 0 Å². The molecule has 2 aliphatic rings. The third kappa shape index (κ3) is 3.98. The number of ether oxygens (including phenoxy) is 1. The summed E-state index contributed by atoms with van der Waals surface area (Å²) in [5, 5.41) is 5.33. The van der Waals surface area contributed by atoms with Crippen LogP contribution in [0.1, 0.15) is 5.56 Å². The normalized spacial score (nSPS) is 19.1. The summed E-state index contributed by atoms with van der Waals surface area (Å²) in [5.41, 5.74) is 0.937. The summed E-state index contributed by atoms with van der Waals surface area (Å²) in [6.07, 6.45) is 3.00. The number of hydrogen-bond acceptors (Lipinski definition) is 7. The molecule has 1 atom stereocenters. The van der Waals surface area contributed by atoms with Crippen LogP contribution >= 0.6 is 0 Å². The summed E-state index contributed by atoms with van der Waals surface area (Å²) in [5.74, 6) is 1.59. The highest BCUT2D eigenvalue weighted by atomic mass is 16.6. The number of pyridine rings is 2. The molecular formula is C19H22N6O3. The first-order valence-electron chi connectivity index (χ1n) is 9.26. The minimum absolute atomic E-state index is 0.0556. The third-order valence-corrected chi connectivity index (χ3v) is 4.86. The van der Waals surface area contributed by atoms with Crippen LogP contribution in [0.25, 0.3) is 0 Å². The molecule has 0 radical (unpaired) electrons. The zero-order valence-corrected chi connectivity index (χ0v) is 15.4. The number of cyclic esters (lactones) is 1. The van der Waals surface area contributed by atoms with Crippen molar-refractivity contribution in [2.24, 2.45) is 0 Å². The molecule has 4 rings (SSSR count). The van der Waals surface area contributed by atoms with Gasteiger partial charge in [-0.05, 0) is 18.2 Å². The van der Waals surface area contributed by atoms with Gasteiger partial charge in [-0.2, -0.15) is 0 Å². The smallest absolute Gasteiger partial charge is 0.407 e. The van der Waals surface area contributed by atoms with Gasteiger partial charge in [-0.15, -0.1) is 0 Å². The fraction of sp³-hybridized carbons (Fsp3) is 0.368. The van der Waals surface area contributed by atoms with Gasteiger partial charge in [-0.1, -0.05) is 12.1 Å². The Balaban J connectivity index is 1.37. The van der Waals surface area contributed by atoms with Crippen molar-refractivity contribution >= 4 is 23.6 Å². The molecule has 2 aromatic rings. The Labute approximate surface area is 162 Å². The molecule has 2 amide bonds. The Morgan fingerprint density at radius 3 is 2.61 bits per heavy atom. The molecule has 0 saturated carbocycles. The lowest BCUT2D eigenvalue weighted by molar-refractivity contribution is -0.122. The number of nitrogens with zero attached hydrogens (tertiary/aromatic N) is 4. The van der Waals surface area contributed by atoms with Gasteiger partial charge in [0.2, 0.25) is 5.91 Å². The van der Waals surface area contributed by atoms with Gasteiger partial charge in [0, 0.05) is 50.7 Å². The number of amides is 2. The fourth-order valence-electron chi connectivity index (χ4n) is 3.37. The molecule has 2 aliphatic heterocycles. The second kappa shape index (κ2) is 8.12. The van der Waals surface area contributed by atoms with E-state index >= 15 is 0 Å². The minimum Gasteiger partial charge on any atom is -0.447 e. The third-order valence-electron chi connectivity index (χ3n) is 4.86. The molecule has 4 heterocycles. The van der Waals surface area contributed by atoms with Gasteiger partial charge in [0.25, 0.3) is 0 Å². The number of anilines is 2. The molecule has 1 unspecified atom stereocenters. The lowest BCUT2D eigenvalue weighted by Crippen LogP contribution is -2.47. The highest BCUT2D eigenvalue weighted by Gasteiger charge is 2.29. The second-order valence-electron chi connectivity index (χ2n) is 6.66. The minimum atomic E-state index is -0.644. The van der Waals surface area contributed by atoms with Gasteiger partial charge < -0.3 is 25.2 Å². The number of alkyl carbamates (subject to hydrolysis) is 1. The first-order chi connectivity index (χ1) is 13.7. The molecule has 0 aromatic carbocycles. The van der Waals surface area contributed by atoms with Crippen LogP contribution in [0.5, 0.6) is 0 Å². The molecule has 0 bridgehead atoms. The van der Waals surface area contributed by atoms with Crippen molar-refractivity contribution in [2.45, 2.75) is 12.6 Å². The van der Waals surface area contributed by atoms with Crippen LogP contribution in [0.2, 0.25) is 0 Å². The lowest BCUT2D eigenvalue weighted by atomic mass is 10.2. The number of aromatic nitrogens is 2. The molecule has 2 aromatic heterocycles. The topological polar surface area (TPSA) is 99.7 Å². The van der Waals surface area contributed by atoms with Crippen LogP contribution in [0.15, 0.2) is 42.7 Å². The summed E-state index contributed by atoms with van der Waals surface area (Å²) >= 11 is 0. The van der Waals surface area contributed by atoms with E-state index in [1.807, 2.05) is 30.3 Å². The summed E-state index contributed by atoms with van der Waals surface area (Å²) in [7, 11) is 0. The highest BCUT2D eigenvalue weighted by molar-refractivity contribution is 5.87. The Hall–Kier alpha value is -3.36. The van der Waals surface area contributed by atoms with E-state index in [2.05, 4.69) is 30.4 Å². The summed E-state index contributed by atoms with van der Waals surface area (Å²) < 4.78 is 4.76. The van der Waals surface area contributed by atoms with Crippen molar-refractivity contribution in [3.05, 3.63) is 48.3 Å². The molecule has 146 valence electrons. The molecule has 28 heavy (non-hydrogen) atoms. The van der Waals surface area contributed by atoms with Gasteiger partial charge >= 0.3 is 6.09 Å². The Morgan fingerprint density at radius 2 is 1.89 bits per heavy atom. The van der Waals surface area contributed by atoms with E-state index in [1.54, 1.807) is 12.4 Å². The molecule has 0 aliphatic carbocycles. The number of piperazine rings is 1. The van der Waals surface area contributed by atoms with Gasteiger partial charge in [0.15, 0.2) is 0 Å². The molecular weight excluding hydrogens is 360 g/mol. The van der Waals surface area contributed by atoms with Gasteiger partial charge in [0.05, 0.1) is 0 Å². The van der Waals surface area contributed by atoms with Crippen molar-refractivity contribution in [3.8, 4) is 0 Å². The van der Waals surface area contributed by atoms with Gasteiger partial charge in [-0.3, -0.25) is 4.79 Å². The van der Waals surface area contributed by atoms with Crippen LogP contribution in [0.3, 0.4) is 0 Å². The zero-order valence-electron chi connectivity index (χ0n) is 15.4. The fourth-order valence-corrected chi connectivity index (χ4v) is 3.37. The van der Waals surface area contributed by atoms with Crippen LogP contribution < -0.4 is 20.4 Å². The van der Waals surface area contributed by atoms with Crippen LogP contribution in [0.4, 0.5) is 16.4 Å². The maximum atomic E-state index is 12.2. The predicted molar refractivity (Wildman–Crippen MR) is 103 cm³/mol. The Morgan fingerprint density at radius 1 is 1.11 bits per heavy atom. The number of rotatable bonds is 5. The van der Waals surface area contributed by atoms with E-state index in [0.29, 0.717) is 6.54 Å². The van der Waals surface area contributed by atoms with Crippen LogP contribution in [0, 0.1) is 0 Å². The molecule has 0 spiro atoms. The van der Waals surface area contributed by atoms with E-state index in [1.165, 1.54) is 0 Å². The first-order valence-corrected chi connectivity index (χ1v) is 9.26. The number of carbonyl (C=O) groups excluding carboxylic acids is 2. The molecule has 2 fully saturated rings. The summed E-state index contributed by atoms with van der Waals surface area (Å²) in [6.45, 7) is 3.74. The number of nitrogens with one attached hydrogen (secondary N) is 2. The molecule has 2 N–H and O–H groups in total. The highest BCUT2D eigenvalue weighted by Crippen LogP contribution is 2.21. The predicted octanol–water partition coefficient (Wildman–Crippen LogP) is 0.528. The summed E-state index contributed by atoms with van der Waals surface area (Å²) in [6, 6.07) is 9.09. The van der Waals surface area contributed by atoms with Crippen molar-refractivity contribution < 1.29 is 14.3 Å². The van der Waals surface area contributed by atoms with Crippen molar-refractivity contribution in [1.82, 2.24) is 20.6 Å². The van der Waals surface area contributed by atoms with Crippen molar-refractivity contribution in [3.63, 3.8) is 0 Å². The van der Waals surface area contributed by atoms with E-state index < -0.39 is 12.1 Å². The van der Waals surface area contributed by atoms with E-state index in [9.17, 15) is 9.59 Å². The second-order valence-corrected chi connectivity index (χ2v) is 6.66. The van der Waals surface area contributed by atoms with Crippen LogP contribution in [-0.4, -0.2) is 60.8 Å². The average Bonchev–Trinajstić information content (AvgIpc) is 3.19. The monoisotopic (exact) mass is 382 g/mol. The standard InChI is InChI=1S/C19H22N6O3/c26-18(15-13-28-19(27)23-15)22-12-14-4-3-7-21-17(14)25-10-8-24(9-11-25)16-5-1-2-6-20-16/h1-7,15H,8-13H2,(H,22,26)(H,23,27). The molecule has 9 heteroatoms. The lowest BCUT2D eigenvalue weighted by Gasteiger charge is -2.36. The maximum absolute atomic E-state index is 12.2. The Kier molecular flexibility index (Phi) is 5.22. The number of hydrogen-bond donors (Lipinski definition) is 2. The largest absolute Gasteiger partial charge is 0.447 e. The zero-order chi connectivity index (χ0) is 19.3. The van der Waals surface area contributed by atoms with E-state index in [-0.39, 0.29) is 12.5 Å². The number of carbonyl (C=O) groups is 2. The Bertz CT molecular complexity index is 839. The van der Waals surface area contributed by atoms with Gasteiger partial charge in [0.1, 0.15) is 24.3 Å².